The van der Waals surface area contributed by atoms with Crippen LogP contribution >= 0.6 is 25.4 Å². The van der Waals surface area contributed by atoms with Crippen molar-refractivity contribution in [3.05, 3.63) is 0 Å². The number of unbranched alkanes of at least 4 members (excludes halogenated alkanes) is 3. The molecule has 0 nitrogen and oxygen atoms in total. The summed E-state index contributed by atoms with van der Waals surface area (Å²) in [5, 5.41) is 0. The fourth-order valence-corrected chi connectivity index (χ4v) is 6.69. The van der Waals surface area contributed by atoms with Gasteiger partial charge in [0.25, 0.3) is 0 Å². The number of rotatable bonds is 7. The Morgan fingerprint density at radius 1 is 0.700 bits per heavy atom. The normalized spacial score (nSPS) is 8.60. The van der Waals surface area contributed by atoms with Crippen molar-refractivity contribution < 1.29 is 0 Å². The van der Waals surface area contributed by atoms with E-state index in [0.29, 0.717) is 0 Å². The minimum absolute atomic E-state index is 0.0343. The molecule has 0 radical (unpaired) electrons. The van der Waals surface area contributed by atoms with Gasteiger partial charge < -0.3 is 0 Å². The van der Waals surface area contributed by atoms with E-state index in [1.807, 2.05) is 0 Å². The van der Waals surface area contributed by atoms with Crippen LogP contribution in [-0.4, -0.2) is 37.8 Å². The Hall–Kier alpha value is 2.56. The number of hydrogen-bond donors (Lipinski definition) is 0. The molecule has 0 aromatic rings. The third-order valence-electron chi connectivity index (χ3n) is 1.29. The Morgan fingerprint density at radius 3 is 1.40 bits per heavy atom. The van der Waals surface area contributed by atoms with Gasteiger partial charge in [-0.25, -0.2) is 0 Å². The van der Waals surface area contributed by atoms with Gasteiger partial charge in [-0.3, -0.25) is 0 Å². The first kappa shape index (κ1) is 12.6. The van der Waals surface area contributed by atoms with E-state index in [0.717, 1.165) is 0 Å². The van der Waals surface area contributed by atoms with Gasteiger partial charge in [-0.2, -0.15) is 0 Å². The van der Waals surface area contributed by atoms with Crippen LogP contribution in [0.2, 0.25) is 8.87 Å². The maximum absolute atomic E-state index is 3.60. The summed E-state index contributed by atoms with van der Waals surface area (Å²) in [5.41, 5.74) is 0. The van der Waals surface area contributed by atoms with E-state index in [1.165, 1.54) is 34.6 Å². The van der Waals surface area contributed by atoms with Crippen molar-refractivity contribution in [3.63, 3.8) is 0 Å². The predicted octanol–water partition coefficient (Wildman–Crippen LogP) is 3.41. The molecule has 0 aromatic heterocycles. The van der Waals surface area contributed by atoms with Crippen LogP contribution in [0, 0.1) is 0 Å². The molecule has 0 saturated heterocycles. The zero-order valence-electron chi connectivity index (χ0n) is 6.00. The van der Waals surface area contributed by atoms with E-state index < -0.39 is 0 Å². The predicted molar refractivity (Wildman–Crippen MR) is 57.4 cm³/mol. The minimum atomic E-state index is -0.0343. The van der Waals surface area contributed by atoms with Crippen molar-refractivity contribution in [2.75, 3.05) is 0 Å². The van der Waals surface area contributed by atoms with Gasteiger partial charge in [-0.1, -0.05) is 0 Å². The third-order valence-corrected chi connectivity index (χ3v) is 9.71. The average Bonchev–Trinajstić information content (AvgIpc) is 1.97. The Bertz CT molecular complexity index is 53.7. The molecule has 0 heterocycles. The molecule has 0 aliphatic rings. The summed E-state index contributed by atoms with van der Waals surface area (Å²) in [7, 11) is 0. The molecule has 0 bridgehead atoms. The van der Waals surface area contributed by atoms with Gasteiger partial charge in [0, 0.05) is 0 Å². The molecule has 0 aromatic carbocycles. The standard InChI is InChI=1S/C6H12.2BrH.2Sn/c1-3-5-6-4-2;;;;/h1-6H2;2*1H;;/q;;;2*+3/p-2. The summed E-state index contributed by atoms with van der Waals surface area (Å²) >= 11 is 7.14. The molecule has 0 rings (SSSR count). The molecule has 4 heteroatoms. The van der Waals surface area contributed by atoms with Crippen LogP contribution in [0.3, 0.4) is 0 Å². The Morgan fingerprint density at radius 2 is 1.10 bits per heavy atom. The topological polar surface area (TPSA) is 0 Å². The fourth-order valence-electron chi connectivity index (χ4n) is 0.737. The van der Waals surface area contributed by atoms with Gasteiger partial charge in [-0.05, 0) is 0 Å². The number of hydrogen-bond acceptors (Lipinski definition) is 0. The molecule has 54 valence electrons. The van der Waals surface area contributed by atoms with E-state index in [1.54, 1.807) is 0 Å². The molecule has 0 fully saturated rings. The molecule has 0 spiro atoms. The molecule has 0 saturated carbocycles. The van der Waals surface area contributed by atoms with E-state index >= 15 is 0 Å². The summed E-state index contributed by atoms with van der Waals surface area (Å²) < 4.78 is 3.05. The molecule has 0 amide bonds. The molecule has 0 aliphatic heterocycles. The van der Waals surface area contributed by atoms with Crippen molar-refractivity contribution in [2.24, 2.45) is 0 Å². The Kier molecular flexibility index (Phi) is 14.5. The third kappa shape index (κ3) is 10.6. The van der Waals surface area contributed by atoms with Crippen LogP contribution in [0.1, 0.15) is 25.7 Å². The fraction of sp³-hybridized carbons (Fsp3) is 1.00. The van der Waals surface area contributed by atoms with Crippen LogP contribution in [0.15, 0.2) is 0 Å². The van der Waals surface area contributed by atoms with Crippen LogP contribution < -0.4 is 0 Å². The van der Waals surface area contributed by atoms with Crippen molar-refractivity contribution in [3.8, 4) is 0 Å². The van der Waals surface area contributed by atoms with Gasteiger partial charge in [0.05, 0.1) is 0 Å². The second-order valence-corrected chi connectivity index (χ2v) is 14.1. The molecule has 0 aliphatic carbocycles. The summed E-state index contributed by atoms with van der Waals surface area (Å²) in [5.74, 6) is 0. The first-order valence-corrected chi connectivity index (χ1v) is 20.4. The first-order chi connectivity index (χ1) is 4.91. The van der Waals surface area contributed by atoms with Crippen LogP contribution in [-0.2, 0) is 0 Å². The SMILES string of the molecule is [Br][Sn+2][CH2]CCCC[CH2][Sn+2][Br]. The molecule has 0 unspecified atom stereocenters. The van der Waals surface area contributed by atoms with E-state index in [9.17, 15) is 0 Å². The van der Waals surface area contributed by atoms with Gasteiger partial charge in [-0.15, -0.1) is 0 Å². The zero-order valence-corrected chi connectivity index (χ0v) is 14.9. The maximum atomic E-state index is 3.60. The van der Waals surface area contributed by atoms with E-state index in [4.69, 9.17) is 0 Å². The van der Waals surface area contributed by atoms with Crippen molar-refractivity contribution in [2.45, 2.75) is 34.6 Å². The summed E-state index contributed by atoms with van der Waals surface area (Å²) in [4.78, 5) is 0. The quantitative estimate of drug-likeness (QED) is 0.387. The van der Waals surface area contributed by atoms with Gasteiger partial charge in [0.1, 0.15) is 0 Å². The molecule has 0 atom stereocenters. The number of halogens is 2. The average molecular weight is 481 g/mol. The Labute approximate surface area is 96.2 Å². The van der Waals surface area contributed by atoms with Crippen molar-refractivity contribution in [1.82, 2.24) is 0 Å². The summed E-state index contributed by atoms with van der Waals surface area (Å²) in [6.07, 6.45) is 5.95. The van der Waals surface area contributed by atoms with Crippen molar-refractivity contribution in [1.29, 1.82) is 0 Å². The van der Waals surface area contributed by atoms with Crippen LogP contribution in [0.25, 0.3) is 0 Å². The summed E-state index contributed by atoms with van der Waals surface area (Å²) in [6, 6.07) is 0. The van der Waals surface area contributed by atoms with Crippen LogP contribution in [0.5, 0.6) is 0 Å². The van der Waals surface area contributed by atoms with Gasteiger partial charge in [0.2, 0.25) is 0 Å². The van der Waals surface area contributed by atoms with Crippen LogP contribution in [0.4, 0.5) is 0 Å². The van der Waals surface area contributed by atoms with Crippen molar-refractivity contribution >= 4 is 63.3 Å². The zero-order chi connectivity index (χ0) is 7.66. The second kappa shape index (κ2) is 11.6. The monoisotopic (exact) mass is 482 g/mol. The molecule has 0 N–H and O–H groups in total. The van der Waals surface area contributed by atoms with E-state index in [-0.39, 0.29) is 37.8 Å². The van der Waals surface area contributed by atoms with E-state index in [2.05, 4.69) is 25.4 Å². The first-order valence-electron chi connectivity index (χ1n) is 3.59. The molecule has 10 heavy (non-hydrogen) atoms. The molecular formula is C6H12Br2Sn2+4. The van der Waals surface area contributed by atoms with Gasteiger partial charge >= 0.3 is 97.8 Å². The summed E-state index contributed by atoms with van der Waals surface area (Å²) in [6.45, 7) is 0. The second-order valence-electron chi connectivity index (χ2n) is 2.18. The Balaban J connectivity index is 2.65. The van der Waals surface area contributed by atoms with Gasteiger partial charge in [0.15, 0.2) is 0 Å². The molecular weight excluding hydrogens is 469 g/mol.